The van der Waals surface area contributed by atoms with Crippen LogP contribution in [0.15, 0.2) is 66.7 Å². The number of carbonyl (C=O) groups is 4. The summed E-state index contributed by atoms with van der Waals surface area (Å²) in [6.07, 6.45) is 0.715. The number of carboxylic acid groups (broad SMARTS) is 1. The number of methoxy groups -OCH3 is 1. The molecule has 1 atom stereocenters. The van der Waals surface area contributed by atoms with Crippen LogP contribution < -0.4 is 16.4 Å². The van der Waals surface area contributed by atoms with E-state index >= 15 is 0 Å². The molecule has 1 unspecified atom stereocenters. The summed E-state index contributed by atoms with van der Waals surface area (Å²) in [5.74, 6) is -3.38. The van der Waals surface area contributed by atoms with Gasteiger partial charge in [0.1, 0.15) is 11.9 Å². The average molecular weight is 613 g/mol. The van der Waals surface area contributed by atoms with Crippen LogP contribution in [0.3, 0.4) is 0 Å². The van der Waals surface area contributed by atoms with Crippen molar-refractivity contribution in [3.05, 3.63) is 89.0 Å². The fraction of sp³-hybridized carbons (Fsp3) is 0.207. The standard InChI is InChI=1S/C28H28N4O6.CH4O3S/c1-15(2)23(28(37)38-3)32-25(33)17-10-13-20(22(14-17)27(35)36)19-6-4-5-7-21(19)26(34)31-18-11-8-16(9-12-18)24(29)30;1-5(2,3)4/h4-15,23H,1-3H3,(H3,29,30)(H,31,34)(H,32,33)(H,35,36);1H3,(H,2,3,4). The average Bonchev–Trinajstić information content (AvgIpc) is 2.94. The van der Waals surface area contributed by atoms with Gasteiger partial charge in [0.05, 0.1) is 18.9 Å². The summed E-state index contributed by atoms with van der Waals surface area (Å²) >= 11 is 0. The van der Waals surface area contributed by atoms with Gasteiger partial charge in [-0.25, -0.2) is 9.59 Å². The second kappa shape index (κ2) is 14.7. The van der Waals surface area contributed by atoms with Crippen molar-refractivity contribution in [2.24, 2.45) is 11.7 Å². The van der Waals surface area contributed by atoms with Gasteiger partial charge in [0.15, 0.2) is 0 Å². The molecule has 0 spiro atoms. The molecule has 14 heteroatoms. The van der Waals surface area contributed by atoms with E-state index in [-0.39, 0.29) is 34.0 Å². The fourth-order valence-corrected chi connectivity index (χ4v) is 3.79. The second-order valence-corrected chi connectivity index (χ2v) is 11.0. The van der Waals surface area contributed by atoms with Crippen molar-refractivity contribution in [1.82, 2.24) is 5.32 Å². The molecule has 3 aromatic carbocycles. The number of carbonyl (C=O) groups excluding carboxylic acids is 3. The van der Waals surface area contributed by atoms with Crippen LogP contribution in [0.25, 0.3) is 11.1 Å². The smallest absolute Gasteiger partial charge is 0.336 e. The Balaban J connectivity index is 0.00000119. The molecule has 0 fully saturated rings. The van der Waals surface area contributed by atoms with E-state index in [1.807, 2.05) is 0 Å². The van der Waals surface area contributed by atoms with Gasteiger partial charge in [-0.1, -0.05) is 38.1 Å². The molecule has 0 aromatic heterocycles. The summed E-state index contributed by atoms with van der Waals surface area (Å²) in [5, 5.41) is 22.7. The molecule has 3 rings (SSSR count). The van der Waals surface area contributed by atoms with Gasteiger partial charge in [0.2, 0.25) is 0 Å². The highest BCUT2D eigenvalue weighted by Gasteiger charge is 2.26. The summed E-state index contributed by atoms with van der Waals surface area (Å²) < 4.78 is 30.6. The Morgan fingerprint density at radius 3 is 1.93 bits per heavy atom. The van der Waals surface area contributed by atoms with Crippen LogP contribution in [-0.2, 0) is 19.6 Å². The molecule has 0 aliphatic rings. The number of aromatic carboxylic acids is 1. The molecule has 0 aliphatic carbocycles. The number of ether oxygens (including phenoxy) is 1. The minimum atomic E-state index is -3.67. The first-order valence-corrected chi connectivity index (χ1v) is 14.4. The van der Waals surface area contributed by atoms with Crippen molar-refractivity contribution in [3.8, 4) is 11.1 Å². The van der Waals surface area contributed by atoms with Gasteiger partial charge in [-0.05, 0) is 59.5 Å². The largest absolute Gasteiger partial charge is 0.478 e. The number of amidine groups is 1. The number of hydrogen-bond donors (Lipinski definition) is 6. The van der Waals surface area contributed by atoms with Crippen molar-refractivity contribution in [2.75, 3.05) is 18.7 Å². The van der Waals surface area contributed by atoms with E-state index in [2.05, 4.69) is 10.6 Å². The Kier molecular flexibility index (Phi) is 11.7. The fourth-order valence-electron chi connectivity index (χ4n) is 3.79. The van der Waals surface area contributed by atoms with Crippen molar-refractivity contribution >= 4 is 45.4 Å². The number of esters is 1. The molecule has 43 heavy (non-hydrogen) atoms. The first-order valence-electron chi connectivity index (χ1n) is 12.6. The molecule has 2 amide bonds. The molecule has 0 saturated heterocycles. The number of carboxylic acids is 1. The lowest BCUT2D eigenvalue weighted by Crippen LogP contribution is -2.45. The molecule has 0 radical (unpaired) electrons. The molecular formula is C29H32N4O9S. The lowest BCUT2D eigenvalue weighted by Gasteiger charge is -2.20. The third kappa shape index (κ3) is 10.1. The molecular weight excluding hydrogens is 580 g/mol. The minimum absolute atomic E-state index is 0.0354. The van der Waals surface area contributed by atoms with Gasteiger partial charge in [-0.2, -0.15) is 8.42 Å². The zero-order valence-electron chi connectivity index (χ0n) is 23.7. The summed E-state index contributed by atoms with van der Waals surface area (Å²) in [6.45, 7) is 3.49. The van der Waals surface area contributed by atoms with Crippen LogP contribution in [0.5, 0.6) is 0 Å². The molecule has 7 N–H and O–H groups in total. The molecule has 3 aromatic rings. The predicted molar refractivity (Wildman–Crippen MR) is 160 cm³/mol. The van der Waals surface area contributed by atoms with E-state index in [1.54, 1.807) is 62.4 Å². The predicted octanol–water partition coefficient (Wildman–Crippen LogP) is 3.02. The van der Waals surface area contributed by atoms with Gasteiger partial charge >= 0.3 is 11.9 Å². The first kappa shape index (κ1) is 34.1. The van der Waals surface area contributed by atoms with E-state index in [1.165, 1.54) is 25.3 Å². The molecule has 13 nitrogen and oxygen atoms in total. The second-order valence-electron chi connectivity index (χ2n) is 9.51. The number of benzene rings is 3. The Morgan fingerprint density at radius 1 is 0.884 bits per heavy atom. The van der Waals surface area contributed by atoms with Crippen LogP contribution in [-0.4, -0.2) is 67.1 Å². The normalized spacial score (nSPS) is 11.4. The van der Waals surface area contributed by atoms with Crippen molar-refractivity contribution in [3.63, 3.8) is 0 Å². The number of hydrogen-bond acceptors (Lipinski definition) is 8. The first-order chi connectivity index (χ1) is 20.0. The Labute approximate surface area is 248 Å². The Morgan fingerprint density at radius 2 is 1.42 bits per heavy atom. The number of amides is 2. The van der Waals surface area contributed by atoms with Crippen LogP contribution in [0, 0.1) is 11.3 Å². The zero-order chi connectivity index (χ0) is 32.5. The molecule has 228 valence electrons. The molecule has 0 bridgehead atoms. The Hall–Kier alpha value is -5.08. The maximum absolute atomic E-state index is 13.1. The van der Waals surface area contributed by atoms with E-state index < -0.39 is 39.9 Å². The number of rotatable bonds is 9. The highest BCUT2D eigenvalue weighted by Crippen LogP contribution is 2.29. The highest BCUT2D eigenvalue weighted by atomic mass is 32.2. The van der Waals surface area contributed by atoms with Crippen molar-refractivity contribution in [1.29, 1.82) is 5.41 Å². The third-order valence-corrected chi connectivity index (χ3v) is 5.84. The van der Waals surface area contributed by atoms with Crippen molar-refractivity contribution < 1.29 is 42.0 Å². The van der Waals surface area contributed by atoms with Crippen LogP contribution in [0.4, 0.5) is 5.69 Å². The lowest BCUT2D eigenvalue weighted by atomic mass is 9.93. The third-order valence-electron chi connectivity index (χ3n) is 5.84. The Bertz CT molecular complexity index is 1630. The number of nitrogens with two attached hydrogens (primary N) is 1. The van der Waals surface area contributed by atoms with E-state index in [9.17, 15) is 32.7 Å². The van der Waals surface area contributed by atoms with Crippen LogP contribution in [0.2, 0.25) is 0 Å². The monoisotopic (exact) mass is 612 g/mol. The van der Waals surface area contributed by atoms with E-state index in [0.29, 0.717) is 23.1 Å². The molecule has 0 aliphatic heterocycles. The maximum atomic E-state index is 13.1. The van der Waals surface area contributed by atoms with E-state index in [4.69, 9.17) is 20.4 Å². The summed E-state index contributed by atoms with van der Waals surface area (Å²) in [6, 6.07) is 16.1. The SMILES string of the molecule is COC(=O)C(NC(=O)c1ccc(-c2ccccc2C(=O)Nc2ccc(C(=N)N)cc2)c(C(=O)O)c1)C(C)C.CS(=O)(=O)O. The quantitative estimate of drug-likeness (QED) is 0.0896. The van der Waals surface area contributed by atoms with Crippen LogP contribution in [0.1, 0.15) is 50.5 Å². The number of nitrogen functional groups attached to an aromatic ring is 1. The topological polar surface area (TPSA) is 226 Å². The van der Waals surface area contributed by atoms with Gasteiger partial charge in [0.25, 0.3) is 21.9 Å². The number of anilines is 1. The lowest BCUT2D eigenvalue weighted by molar-refractivity contribution is -0.144. The van der Waals surface area contributed by atoms with E-state index in [0.717, 1.165) is 0 Å². The molecule has 0 heterocycles. The summed E-state index contributed by atoms with van der Waals surface area (Å²) in [5.41, 5.74) is 7.08. The summed E-state index contributed by atoms with van der Waals surface area (Å²) in [7, 11) is -2.45. The summed E-state index contributed by atoms with van der Waals surface area (Å²) in [4.78, 5) is 50.2. The van der Waals surface area contributed by atoms with Crippen molar-refractivity contribution in [2.45, 2.75) is 19.9 Å². The highest BCUT2D eigenvalue weighted by molar-refractivity contribution is 7.85. The van der Waals surface area contributed by atoms with Crippen LogP contribution >= 0.6 is 0 Å². The molecule has 0 saturated carbocycles. The van der Waals surface area contributed by atoms with Gasteiger partial charge in [0, 0.05) is 22.4 Å². The van der Waals surface area contributed by atoms with Gasteiger partial charge in [-0.3, -0.25) is 19.6 Å². The maximum Gasteiger partial charge on any atom is 0.336 e. The minimum Gasteiger partial charge on any atom is -0.478 e. The zero-order valence-corrected chi connectivity index (χ0v) is 24.6. The van der Waals surface area contributed by atoms with Gasteiger partial charge in [-0.15, -0.1) is 0 Å². The van der Waals surface area contributed by atoms with Gasteiger partial charge < -0.3 is 26.2 Å². The number of nitrogens with one attached hydrogen (secondary N) is 3.